The topological polar surface area (TPSA) is 64.9 Å². The molecule has 0 saturated carbocycles. The molecule has 0 aliphatic rings. The van der Waals surface area contributed by atoms with Crippen LogP contribution in [0, 0.1) is 0 Å². The molecular formula is C9H17N3OS. The molecular weight excluding hydrogens is 198 g/mol. The van der Waals surface area contributed by atoms with Crippen molar-refractivity contribution in [2.75, 3.05) is 0 Å². The largest absolute Gasteiger partial charge is 0.337 e. The molecule has 14 heavy (non-hydrogen) atoms. The summed E-state index contributed by atoms with van der Waals surface area (Å²) >= 11 is 1.78. The summed E-state index contributed by atoms with van der Waals surface area (Å²) in [5.74, 6) is 1.99. The summed E-state index contributed by atoms with van der Waals surface area (Å²) < 4.78 is 5.06. The van der Waals surface area contributed by atoms with Crippen molar-refractivity contribution in [1.29, 1.82) is 0 Å². The molecule has 0 bridgehead atoms. The Morgan fingerprint density at radius 2 is 2.14 bits per heavy atom. The number of hydrogen-bond acceptors (Lipinski definition) is 5. The SMILES string of the molecule is CC(C)SCc1noc(C(C)(C)N)n1. The van der Waals surface area contributed by atoms with Gasteiger partial charge in [0.25, 0.3) is 0 Å². The Kier molecular flexibility index (Phi) is 3.55. The second-order valence-electron chi connectivity index (χ2n) is 4.10. The van der Waals surface area contributed by atoms with E-state index in [4.69, 9.17) is 10.3 Å². The van der Waals surface area contributed by atoms with Crippen LogP contribution in [0.4, 0.5) is 0 Å². The van der Waals surface area contributed by atoms with Gasteiger partial charge in [-0.1, -0.05) is 19.0 Å². The molecule has 0 spiro atoms. The molecule has 1 heterocycles. The summed E-state index contributed by atoms with van der Waals surface area (Å²) in [5.41, 5.74) is 5.28. The monoisotopic (exact) mass is 215 g/mol. The van der Waals surface area contributed by atoms with Crippen LogP contribution < -0.4 is 5.73 Å². The molecule has 1 aromatic heterocycles. The molecule has 4 nitrogen and oxygen atoms in total. The van der Waals surface area contributed by atoms with Crippen LogP contribution in [0.5, 0.6) is 0 Å². The summed E-state index contributed by atoms with van der Waals surface area (Å²) in [4.78, 5) is 4.23. The number of hydrogen-bond donors (Lipinski definition) is 1. The lowest BCUT2D eigenvalue weighted by Crippen LogP contribution is -2.29. The summed E-state index contributed by atoms with van der Waals surface area (Å²) in [7, 11) is 0. The first-order valence-electron chi connectivity index (χ1n) is 4.63. The van der Waals surface area contributed by atoms with Crippen LogP contribution in [-0.2, 0) is 11.3 Å². The van der Waals surface area contributed by atoms with E-state index in [1.54, 1.807) is 11.8 Å². The number of nitrogens with two attached hydrogens (primary N) is 1. The molecule has 5 heteroatoms. The zero-order chi connectivity index (χ0) is 10.8. The first-order valence-corrected chi connectivity index (χ1v) is 5.68. The molecule has 0 amide bonds. The quantitative estimate of drug-likeness (QED) is 0.831. The van der Waals surface area contributed by atoms with E-state index in [0.717, 1.165) is 11.6 Å². The highest BCUT2D eigenvalue weighted by molar-refractivity contribution is 7.99. The molecule has 0 unspecified atom stereocenters. The summed E-state index contributed by atoms with van der Waals surface area (Å²) in [6.07, 6.45) is 0. The Hall–Kier alpha value is -0.550. The van der Waals surface area contributed by atoms with Gasteiger partial charge in [0.05, 0.1) is 11.3 Å². The Morgan fingerprint density at radius 3 is 2.57 bits per heavy atom. The van der Waals surface area contributed by atoms with Gasteiger partial charge in [0.1, 0.15) is 0 Å². The molecule has 1 rings (SSSR count). The fourth-order valence-electron chi connectivity index (χ4n) is 0.816. The van der Waals surface area contributed by atoms with E-state index >= 15 is 0 Å². The van der Waals surface area contributed by atoms with Gasteiger partial charge < -0.3 is 10.3 Å². The van der Waals surface area contributed by atoms with Crippen molar-refractivity contribution in [1.82, 2.24) is 10.1 Å². The first kappa shape index (κ1) is 11.5. The Balaban J connectivity index is 2.60. The third-order valence-electron chi connectivity index (χ3n) is 1.57. The lowest BCUT2D eigenvalue weighted by atomic mass is 10.1. The van der Waals surface area contributed by atoms with Gasteiger partial charge in [-0.3, -0.25) is 0 Å². The average molecular weight is 215 g/mol. The van der Waals surface area contributed by atoms with Crippen molar-refractivity contribution in [3.63, 3.8) is 0 Å². The standard InChI is InChI=1S/C9H17N3OS/c1-6(2)14-5-7-11-8(13-12-7)9(3,4)10/h6H,5,10H2,1-4H3. The van der Waals surface area contributed by atoms with Crippen molar-refractivity contribution < 1.29 is 4.52 Å². The maximum absolute atomic E-state index is 5.82. The molecule has 80 valence electrons. The van der Waals surface area contributed by atoms with Crippen LogP contribution in [0.15, 0.2) is 4.52 Å². The van der Waals surface area contributed by atoms with Crippen LogP contribution in [0.2, 0.25) is 0 Å². The highest BCUT2D eigenvalue weighted by atomic mass is 32.2. The first-order chi connectivity index (χ1) is 6.39. The summed E-state index contributed by atoms with van der Waals surface area (Å²) in [6.45, 7) is 7.97. The van der Waals surface area contributed by atoms with Crippen molar-refractivity contribution in [3.05, 3.63) is 11.7 Å². The van der Waals surface area contributed by atoms with Gasteiger partial charge in [0, 0.05) is 0 Å². The normalized spacial score (nSPS) is 12.4. The van der Waals surface area contributed by atoms with Crippen LogP contribution in [0.1, 0.15) is 39.4 Å². The van der Waals surface area contributed by atoms with Crippen LogP contribution in [0.25, 0.3) is 0 Å². The predicted octanol–water partition coefficient (Wildman–Crippen LogP) is 1.91. The van der Waals surface area contributed by atoms with Gasteiger partial charge in [-0.2, -0.15) is 16.7 Å². The van der Waals surface area contributed by atoms with Gasteiger partial charge in [-0.05, 0) is 19.1 Å². The maximum Gasteiger partial charge on any atom is 0.246 e. The molecule has 0 aliphatic carbocycles. The van der Waals surface area contributed by atoms with Crippen LogP contribution in [0.3, 0.4) is 0 Å². The van der Waals surface area contributed by atoms with E-state index in [9.17, 15) is 0 Å². The minimum absolute atomic E-state index is 0.497. The lowest BCUT2D eigenvalue weighted by molar-refractivity contribution is 0.310. The number of rotatable bonds is 4. The maximum atomic E-state index is 5.82. The van der Waals surface area contributed by atoms with E-state index in [2.05, 4.69) is 24.0 Å². The molecule has 0 aliphatic heterocycles. The predicted molar refractivity (Wildman–Crippen MR) is 57.9 cm³/mol. The van der Waals surface area contributed by atoms with E-state index < -0.39 is 5.54 Å². The highest BCUT2D eigenvalue weighted by Gasteiger charge is 2.22. The third kappa shape index (κ3) is 3.31. The van der Waals surface area contributed by atoms with Crippen molar-refractivity contribution in [3.8, 4) is 0 Å². The Morgan fingerprint density at radius 1 is 1.50 bits per heavy atom. The number of thioether (sulfide) groups is 1. The van der Waals surface area contributed by atoms with Gasteiger partial charge in [0.15, 0.2) is 5.82 Å². The van der Waals surface area contributed by atoms with Crippen molar-refractivity contribution in [2.24, 2.45) is 5.73 Å². The smallest absolute Gasteiger partial charge is 0.246 e. The molecule has 0 radical (unpaired) electrons. The van der Waals surface area contributed by atoms with Gasteiger partial charge >= 0.3 is 0 Å². The van der Waals surface area contributed by atoms with E-state index in [1.165, 1.54) is 0 Å². The molecule has 0 saturated heterocycles. The second-order valence-corrected chi connectivity index (χ2v) is 5.66. The van der Waals surface area contributed by atoms with Crippen molar-refractivity contribution >= 4 is 11.8 Å². The zero-order valence-electron chi connectivity index (χ0n) is 9.07. The number of nitrogens with zero attached hydrogens (tertiary/aromatic N) is 2. The highest BCUT2D eigenvalue weighted by Crippen LogP contribution is 2.18. The minimum Gasteiger partial charge on any atom is -0.337 e. The van der Waals surface area contributed by atoms with Crippen LogP contribution >= 0.6 is 11.8 Å². The average Bonchev–Trinajstić information content (AvgIpc) is 2.47. The Bertz CT molecular complexity index is 290. The zero-order valence-corrected chi connectivity index (χ0v) is 9.89. The van der Waals surface area contributed by atoms with E-state index in [1.807, 2.05) is 13.8 Å². The minimum atomic E-state index is -0.548. The van der Waals surface area contributed by atoms with Gasteiger partial charge in [-0.25, -0.2) is 0 Å². The second kappa shape index (κ2) is 4.31. The fourth-order valence-corrected chi connectivity index (χ4v) is 1.42. The molecule has 2 N–H and O–H groups in total. The lowest BCUT2D eigenvalue weighted by Gasteiger charge is -2.10. The third-order valence-corrected chi connectivity index (χ3v) is 2.66. The fraction of sp³-hybridized carbons (Fsp3) is 0.778. The van der Waals surface area contributed by atoms with Gasteiger partial charge in [-0.15, -0.1) is 0 Å². The summed E-state index contributed by atoms with van der Waals surface area (Å²) in [6, 6.07) is 0. The van der Waals surface area contributed by atoms with Crippen molar-refractivity contribution in [2.45, 2.75) is 44.2 Å². The molecule has 0 atom stereocenters. The van der Waals surface area contributed by atoms with Gasteiger partial charge in [0.2, 0.25) is 5.89 Å². The molecule has 0 fully saturated rings. The summed E-state index contributed by atoms with van der Waals surface area (Å²) in [5, 5.41) is 4.44. The number of aromatic nitrogens is 2. The molecule has 0 aromatic carbocycles. The van der Waals surface area contributed by atoms with Crippen LogP contribution in [-0.4, -0.2) is 15.4 Å². The van der Waals surface area contributed by atoms with E-state index in [0.29, 0.717) is 11.1 Å². The Labute approximate surface area is 88.6 Å². The molecule has 1 aromatic rings. The van der Waals surface area contributed by atoms with E-state index in [-0.39, 0.29) is 0 Å².